The molecule has 4 rings (SSSR count). The summed E-state index contributed by atoms with van der Waals surface area (Å²) in [6.45, 7) is 10.7. The summed E-state index contributed by atoms with van der Waals surface area (Å²) in [7, 11) is 0. The number of nitrogens with one attached hydrogen (secondary N) is 3. The van der Waals surface area contributed by atoms with Crippen LogP contribution < -0.4 is 5.32 Å². The average Bonchev–Trinajstić information content (AvgIpc) is 3.29. The maximum Gasteiger partial charge on any atom is 0.108 e. The molecule has 26 heavy (non-hydrogen) atoms. The smallest absolute Gasteiger partial charge is 0.108 e. The van der Waals surface area contributed by atoms with E-state index in [2.05, 4.69) is 63.2 Å². The Morgan fingerprint density at radius 3 is 2.85 bits per heavy atom. The highest BCUT2D eigenvalue weighted by atomic mass is 15.2. The lowest BCUT2D eigenvalue weighted by atomic mass is 10.1. The molecule has 1 saturated heterocycles. The number of aromatic nitrogens is 3. The van der Waals surface area contributed by atoms with Crippen LogP contribution >= 0.6 is 0 Å². The van der Waals surface area contributed by atoms with Crippen molar-refractivity contribution >= 4 is 16.6 Å². The van der Waals surface area contributed by atoms with Gasteiger partial charge >= 0.3 is 0 Å². The summed E-state index contributed by atoms with van der Waals surface area (Å²) in [5, 5.41) is 12.2. The topological polar surface area (TPSA) is 59.7 Å². The number of nitrogens with zero attached hydrogens (tertiary/aromatic N) is 2. The second-order valence-corrected chi connectivity index (χ2v) is 7.25. The molecular formula is C21H27N5. The molecule has 0 aliphatic carbocycles. The van der Waals surface area contributed by atoms with Crippen LogP contribution in [0.4, 0.5) is 0 Å². The van der Waals surface area contributed by atoms with Crippen LogP contribution in [-0.4, -0.2) is 46.3 Å². The minimum Gasteiger partial charge on any atom is -0.382 e. The second-order valence-electron chi connectivity index (χ2n) is 7.25. The molecule has 5 nitrogen and oxygen atoms in total. The number of aryl methyl sites for hydroxylation is 1. The van der Waals surface area contributed by atoms with Gasteiger partial charge in [-0.1, -0.05) is 24.6 Å². The lowest BCUT2D eigenvalue weighted by Gasteiger charge is -2.26. The third kappa shape index (κ3) is 3.68. The molecule has 3 N–H and O–H groups in total. The molecule has 3 heterocycles. The van der Waals surface area contributed by atoms with Crippen LogP contribution in [0.3, 0.4) is 0 Å². The fraction of sp³-hybridized carbons (Fsp3) is 0.381. The lowest BCUT2D eigenvalue weighted by Crippen LogP contribution is -2.35. The molecule has 0 radical (unpaired) electrons. The molecule has 0 spiro atoms. The summed E-state index contributed by atoms with van der Waals surface area (Å²) in [5.41, 5.74) is 6.17. The van der Waals surface area contributed by atoms with E-state index in [-0.39, 0.29) is 0 Å². The predicted octanol–water partition coefficient (Wildman–Crippen LogP) is 3.91. The van der Waals surface area contributed by atoms with Crippen LogP contribution in [0.15, 0.2) is 36.9 Å². The van der Waals surface area contributed by atoms with Gasteiger partial charge in [-0.2, -0.15) is 5.10 Å². The Hall–Kier alpha value is -2.53. The fourth-order valence-corrected chi connectivity index (χ4v) is 3.65. The number of piperidine rings is 1. The molecule has 2 aromatic heterocycles. The van der Waals surface area contributed by atoms with Crippen molar-refractivity contribution in [2.24, 2.45) is 0 Å². The average molecular weight is 349 g/mol. The Bertz CT molecular complexity index is 898. The molecule has 5 heteroatoms. The molecule has 1 fully saturated rings. The van der Waals surface area contributed by atoms with E-state index in [1.165, 1.54) is 43.3 Å². The third-order valence-corrected chi connectivity index (χ3v) is 5.17. The highest BCUT2D eigenvalue weighted by Crippen LogP contribution is 2.24. The number of aromatic amines is 2. The lowest BCUT2D eigenvalue weighted by molar-refractivity contribution is 0.232. The molecule has 136 valence electrons. The van der Waals surface area contributed by atoms with Crippen molar-refractivity contribution in [3.8, 4) is 11.4 Å². The van der Waals surface area contributed by atoms with Crippen molar-refractivity contribution < 1.29 is 0 Å². The second kappa shape index (κ2) is 7.38. The Balaban J connectivity index is 1.39. The minimum absolute atomic E-state index is 0.869. The molecule has 1 aliphatic heterocycles. The van der Waals surface area contributed by atoms with E-state index in [4.69, 9.17) is 0 Å². The number of likely N-dealkylation sites (tertiary alicyclic amines) is 1. The van der Waals surface area contributed by atoms with E-state index >= 15 is 0 Å². The summed E-state index contributed by atoms with van der Waals surface area (Å²) in [5.74, 6) is 0. The summed E-state index contributed by atoms with van der Waals surface area (Å²) < 4.78 is 0. The molecular weight excluding hydrogens is 322 g/mol. The monoisotopic (exact) mass is 349 g/mol. The molecule has 0 amide bonds. The summed E-state index contributed by atoms with van der Waals surface area (Å²) in [4.78, 5) is 5.97. The van der Waals surface area contributed by atoms with Gasteiger partial charge in [0.1, 0.15) is 5.69 Å². The molecule has 3 aromatic rings. The summed E-state index contributed by atoms with van der Waals surface area (Å²) in [6.07, 6.45) is 4.03. The number of H-pyrrole nitrogens is 2. The molecule has 1 aromatic carbocycles. The van der Waals surface area contributed by atoms with Crippen LogP contribution in [0.2, 0.25) is 0 Å². The van der Waals surface area contributed by atoms with Gasteiger partial charge in [-0.3, -0.25) is 5.10 Å². The van der Waals surface area contributed by atoms with Crippen molar-refractivity contribution in [1.29, 1.82) is 0 Å². The molecule has 1 aliphatic rings. The Morgan fingerprint density at radius 2 is 2.00 bits per heavy atom. The highest BCUT2D eigenvalue weighted by Gasteiger charge is 2.11. The summed E-state index contributed by atoms with van der Waals surface area (Å²) in [6, 6.07) is 10.6. The molecule has 0 unspecified atom stereocenters. The van der Waals surface area contributed by atoms with Gasteiger partial charge in [0, 0.05) is 24.0 Å². The molecule has 0 saturated carbocycles. The molecule has 0 atom stereocenters. The van der Waals surface area contributed by atoms with Crippen LogP contribution in [0, 0.1) is 6.92 Å². The van der Waals surface area contributed by atoms with Crippen molar-refractivity contribution in [3.63, 3.8) is 0 Å². The van der Waals surface area contributed by atoms with Crippen molar-refractivity contribution in [2.75, 3.05) is 26.2 Å². The zero-order chi connectivity index (χ0) is 17.9. The first-order valence-electron chi connectivity index (χ1n) is 9.50. The Labute approximate surface area is 154 Å². The van der Waals surface area contributed by atoms with Gasteiger partial charge in [0.25, 0.3) is 0 Å². The zero-order valence-electron chi connectivity index (χ0n) is 15.4. The van der Waals surface area contributed by atoms with Crippen LogP contribution in [0.25, 0.3) is 28.0 Å². The quantitative estimate of drug-likeness (QED) is 0.632. The van der Waals surface area contributed by atoms with E-state index in [0.717, 1.165) is 41.4 Å². The van der Waals surface area contributed by atoms with Crippen molar-refractivity contribution in [2.45, 2.75) is 26.2 Å². The predicted molar refractivity (Wildman–Crippen MR) is 108 cm³/mol. The van der Waals surface area contributed by atoms with Crippen LogP contribution in [-0.2, 0) is 0 Å². The van der Waals surface area contributed by atoms with Gasteiger partial charge in [0.05, 0.1) is 17.1 Å². The first-order valence-corrected chi connectivity index (χ1v) is 9.50. The summed E-state index contributed by atoms with van der Waals surface area (Å²) >= 11 is 0. The largest absolute Gasteiger partial charge is 0.382 e. The molecule has 0 bridgehead atoms. The van der Waals surface area contributed by atoms with Gasteiger partial charge in [-0.05, 0) is 57.1 Å². The maximum absolute atomic E-state index is 4.43. The number of hydrogen-bond donors (Lipinski definition) is 3. The fourth-order valence-electron chi connectivity index (χ4n) is 3.65. The third-order valence-electron chi connectivity index (χ3n) is 5.17. The van der Waals surface area contributed by atoms with E-state index in [1.807, 2.05) is 6.07 Å². The minimum atomic E-state index is 0.869. The van der Waals surface area contributed by atoms with Crippen molar-refractivity contribution in [3.05, 3.63) is 48.2 Å². The number of hydrogen-bond acceptors (Lipinski definition) is 3. The number of fused-ring (bicyclic) bond motifs is 1. The maximum atomic E-state index is 4.43. The van der Waals surface area contributed by atoms with Gasteiger partial charge < -0.3 is 15.2 Å². The Morgan fingerprint density at radius 1 is 1.15 bits per heavy atom. The van der Waals surface area contributed by atoms with Crippen LogP contribution in [0.1, 0.15) is 30.5 Å². The Kier molecular flexibility index (Phi) is 4.80. The number of rotatable bonds is 6. The van der Waals surface area contributed by atoms with E-state index < -0.39 is 0 Å². The normalized spacial score (nSPS) is 15.4. The van der Waals surface area contributed by atoms with Gasteiger partial charge in [0.2, 0.25) is 0 Å². The first-order chi connectivity index (χ1) is 12.7. The van der Waals surface area contributed by atoms with Crippen molar-refractivity contribution in [1.82, 2.24) is 25.4 Å². The SMILES string of the molecule is C=C(NCCN1CCCCC1)c1cc(-c2cc3cc(C)ccc3[nH]2)[nH]n1. The standard InChI is InChI=1S/C21H27N5/c1-15-6-7-18-17(12-15)13-20(23-18)21-14-19(24-25-21)16(2)22-8-11-26-9-4-3-5-10-26/h6-7,12-14,22-23H,2-5,8-11H2,1H3,(H,24,25). The van der Waals surface area contributed by atoms with E-state index in [0.29, 0.717) is 0 Å². The van der Waals surface area contributed by atoms with Crippen LogP contribution in [0.5, 0.6) is 0 Å². The zero-order valence-corrected chi connectivity index (χ0v) is 15.4. The van der Waals surface area contributed by atoms with Gasteiger partial charge in [0.15, 0.2) is 0 Å². The van der Waals surface area contributed by atoms with E-state index in [1.54, 1.807) is 0 Å². The van der Waals surface area contributed by atoms with Gasteiger partial charge in [-0.15, -0.1) is 0 Å². The first kappa shape index (κ1) is 16.9. The van der Waals surface area contributed by atoms with Gasteiger partial charge in [-0.25, -0.2) is 0 Å². The number of benzene rings is 1. The van der Waals surface area contributed by atoms with E-state index in [9.17, 15) is 0 Å². The highest BCUT2D eigenvalue weighted by molar-refractivity contribution is 5.86.